The molecule has 0 fully saturated rings. The first-order valence-corrected chi connectivity index (χ1v) is 4.62. The van der Waals surface area contributed by atoms with Crippen LogP contribution in [0.5, 0.6) is 0 Å². The van der Waals surface area contributed by atoms with Gasteiger partial charge in [-0.05, 0) is 11.8 Å². The van der Waals surface area contributed by atoms with Gasteiger partial charge in [0.15, 0.2) is 5.89 Å². The molecule has 1 rings (SSSR count). The van der Waals surface area contributed by atoms with Gasteiger partial charge in [0.05, 0.1) is 6.20 Å². The van der Waals surface area contributed by atoms with Crippen LogP contribution in [0.1, 0.15) is 33.1 Å². The van der Waals surface area contributed by atoms with Crippen LogP contribution in [0.25, 0.3) is 0 Å². The molecule has 12 heavy (non-hydrogen) atoms. The molecular formula is C10H17NO. The van der Waals surface area contributed by atoms with E-state index < -0.39 is 0 Å². The molecule has 0 radical (unpaired) electrons. The quantitative estimate of drug-likeness (QED) is 0.689. The van der Waals surface area contributed by atoms with E-state index in [2.05, 4.69) is 25.8 Å². The Kier molecular flexibility index (Phi) is 3.32. The van der Waals surface area contributed by atoms with Gasteiger partial charge in [-0.15, -0.1) is 0 Å². The van der Waals surface area contributed by atoms with Gasteiger partial charge in [0.25, 0.3) is 0 Å². The van der Waals surface area contributed by atoms with Gasteiger partial charge in [-0.2, -0.15) is 0 Å². The summed E-state index contributed by atoms with van der Waals surface area (Å²) in [6.07, 6.45) is 5.52. The van der Waals surface area contributed by atoms with Gasteiger partial charge >= 0.3 is 0 Å². The zero-order valence-corrected chi connectivity index (χ0v) is 8.08. The fraction of sp³-hybridized carbons (Fsp3) is 0.700. The predicted molar refractivity (Wildman–Crippen MR) is 48.8 cm³/mol. The Bertz CT molecular complexity index is 204. The number of hydrogen-bond acceptors (Lipinski definition) is 2. The summed E-state index contributed by atoms with van der Waals surface area (Å²) in [5, 5.41) is 0. The van der Waals surface area contributed by atoms with Crippen molar-refractivity contribution in [3.63, 3.8) is 0 Å². The lowest BCUT2D eigenvalue weighted by Gasteiger charge is -2.16. The third-order valence-corrected chi connectivity index (χ3v) is 2.39. The fourth-order valence-corrected chi connectivity index (χ4v) is 1.43. The fourth-order valence-electron chi connectivity index (χ4n) is 1.43. The second-order valence-electron chi connectivity index (χ2n) is 3.54. The first-order valence-electron chi connectivity index (χ1n) is 4.62. The Morgan fingerprint density at radius 2 is 2.25 bits per heavy atom. The molecule has 1 atom stereocenters. The topological polar surface area (TPSA) is 26.0 Å². The zero-order chi connectivity index (χ0) is 8.97. The van der Waals surface area contributed by atoms with Crippen molar-refractivity contribution < 1.29 is 4.42 Å². The van der Waals surface area contributed by atoms with Crippen LogP contribution in [0.15, 0.2) is 16.9 Å². The highest BCUT2D eigenvalue weighted by molar-refractivity contribution is 4.83. The van der Waals surface area contributed by atoms with Crippen molar-refractivity contribution in [2.24, 2.45) is 11.8 Å². The van der Waals surface area contributed by atoms with E-state index >= 15 is 0 Å². The molecule has 0 saturated carbocycles. The van der Waals surface area contributed by atoms with Gasteiger partial charge in [-0.25, -0.2) is 4.98 Å². The Balaban J connectivity index is 2.48. The van der Waals surface area contributed by atoms with Gasteiger partial charge in [0, 0.05) is 6.42 Å². The van der Waals surface area contributed by atoms with Gasteiger partial charge < -0.3 is 4.42 Å². The minimum Gasteiger partial charge on any atom is -0.449 e. The SMILES string of the molecule is CCC(Cc1ncco1)C(C)C. The highest BCUT2D eigenvalue weighted by Gasteiger charge is 2.13. The third kappa shape index (κ3) is 2.36. The Morgan fingerprint density at radius 3 is 2.67 bits per heavy atom. The Hall–Kier alpha value is -0.790. The summed E-state index contributed by atoms with van der Waals surface area (Å²) in [6.45, 7) is 6.71. The number of oxazole rings is 1. The van der Waals surface area contributed by atoms with Crippen molar-refractivity contribution in [3.05, 3.63) is 18.4 Å². The van der Waals surface area contributed by atoms with E-state index in [1.54, 1.807) is 12.5 Å². The largest absolute Gasteiger partial charge is 0.449 e. The van der Waals surface area contributed by atoms with Gasteiger partial charge in [0.1, 0.15) is 6.26 Å². The second-order valence-corrected chi connectivity index (χ2v) is 3.54. The van der Waals surface area contributed by atoms with E-state index in [0.29, 0.717) is 11.8 Å². The van der Waals surface area contributed by atoms with Crippen molar-refractivity contribution in [3.8, 4) is 0 Å². The summed E-state index contributed by atoms with van der Waals surface area (Å²) in [6, 6.07) is 0. The Labute approximate surface area is 74.0 Å². The van der Waals surface area contributed by atoms with Crippen LogP contribution < -0.4 is 0 Å². The summed E-state index contributed by atoms with van der Waals surface area (Å²) in [5.41, 5.74) is 0. The molecule has 0 aliphatic heterocycles. The van der Waals surface area contributed by atoms with Crippen LogP contribution >= 0.6 is 0 Å². The molecule has 0 amide bonds. The van der Waals surface area contributed by atoms with Gasteiger partial charge in [-0.1, -0.05) is 27.2 Å². The molecule has 0 N–H and O–H groups in total. The van der Waals surface area contributed by atoms with Crippen LogP contribution in [0.4, 0.5) is 0 Å². The standard InChI is InChI=1S/C10H17NO/c1-4-9(8(2)3)7-10-11-5-6-12-10/h5-6,8-9H,4,7H2,1-3H3. The molecule has 0 aliphatic carbocycles. The van der Waals surface area contributed by atoms with Crippen molar-refractivity contribution in [2.75, 3.05) is 0 Å². The minimum atomic E-state index is 0.698. The van der Waals surface area contributed by atoms with Gasteiger partial charge in [0.2, 0.25) is 0 Å². The maximum atomic E-state index is 5.20. The van der Waals surface area contributed by atoms with Crippen molar-refractivity contribution in [1.29, 1.82) is 0 Å². The molecule has 1 aromatic heterocycles. The van der Waals surface area contributed by atoms with Crippen LogP contribution in [0.3, 0.4) is 0 Å². The van der Waals surface area contributed by atoms with E-state index in [-0.39, 0.29) is 0 Å². The van der Waals surface area contributed by atoms with Crippen molar-refractivity contribution in [2.45, 2.75) is 33.6 Å². The molecule has 0 aliphatic rings. The maximum Gasteiger partial charge on any atom is 0.194 e. The zero-order valence-electron chi connectivity index (χ0n) is 8.08. The molecule has 68 valence electrons. The molecular weight excluding hydrogens is 150 g/mol. The lowest BCUT2D eigenvalue weighted by atomic mass is 9.90. The number of aromatic nitrogens is 1. The monoisotopic (exact) mass is 167 g/mol. The van der Waals surface area contributed by atoms with Gasteiger partial charge in [-0.3, -0.25) is 0 Å². The molecule has 0 bridgehead atoms. The first kappa shape index (κ1) is 9.30. The first-order chi connectivity index (χ1) is 5.74. The number of rotatable bonds is 4. The van der Waals surface area contributed by atoms with Crippen LogP contribution in [0.2, 0.25) is 0 Å². The highest BCUT2D eigenvalue weighted by Crippen LogP contribution is 2.19. The third-order valence-electron chi connectivity index (χ3n) is 2.39. The highest BCUT2D eigenvalue weighted by atomic mass is 16.3. The second kappa shape index (κ2) is 4.29. The van der Waals surface area contributed by atoms with Crippen LogP contribution in [-0.2, 0) is 6.42 Å². The predicted octanol–water partition coefficient (Wildman–Crippen LogP) is 2.90. The summed E-state index contributed by atoms with van der Waals surface area (Å²) in [5.74, 6) is 2.28. The van der Waals surface area contributed by atoms with E-state index in [4.69, 9.17) is 4.42 Å². The summed E-state index contributed by atoms with van der Waals surface area (Å²) < 4.78 is 5.20. The van der Waals surface area contributed by atoms with E-state index in [1.165, 1.54) is 6.42 Å². The normalized spacial score (nSPS) is 13.7. The van der Waals surface area contributed by atoms with Crippen molar-refractivity contribution >= 4 is 0 Å². The lowest BCUT2D eigenvalue weighted by molar-refractivity contribution is 0.335. The maximum absolute atomic E-state index is 5.20. The minimum absolute atomic E-state index is 0.698. The molecule has 1 unspecified atom stereocenters. The van der Waals surface area contributed by atoms with Crippen molar-refractivity contribution in [1.82, 2.24) is 4.98 Å². The molecule has 2 nitrogen and oxygen atoms in total. The average Bonchev–Trinajstić information content (AvgIpc) is 2.51. The molecule has 1 heterocycles. The van der Waals surface area contributed by atoms with Crippen LogP contribution in [-0.4, -0.2) is 4.98 Å². The van der Waals surface area contributed by atoms with Crippen LogP contribution in [0, 0.1) is 11.8 Å². The van der Waals surface area contributed by atoms with E-state index in [9.17, 15) is 0 Å². The average molecular weight is 167 g/mol. The van der Waals surface area contributed by atoms with E-state index in [1.807, 2.05) is 0 Å². The molecule has 0 spiro atoms. The lowest BCUT2D eigenvalue weighted by Crippen LogP contribution is -2.10. The molecule has 0 saturated heterocycles. The summed E-state index contributed by atoms with van der Waals surface area (Å²) in [4.78, 5) is 4.12. The molecule has 0 aromatic carbocycles. The Morgan fingerprint density at radius 1 is 1.50 bits per heavy atom. The molecule has 1 aromatic rings. The summed E-state index contributed by atoms with van der Waals surface area (Å²) in [7, 11) is 0. The number of hydrogen-bond donors (Lipinski definition) is 0. The summed E-state index contributed by atoms with van der Waals surface area (Å²) >= 11 is 0. The number of nitrogens with zero attached hydrogens (tertiary/aromatic N) is 1. The van der Waals surface area contributed by atoms with E-state index in [0.717, 1.165) is 12.3 Å². The molecule has 2 heteroatoms. The smallest absolute Gasteiger partial charge is 0.194 e.